The number of imidazole rings is 1. The number of aromatic nitrogens is 2. The summed E-state index contributed by atoms with van der Waals surface area (Å²) in [4.78, 5) is 4.73. The first-order chi connectivity index (χ1) is 15.0. The number of hydrogen-bond acceptors (Lipinski definition) is 5. The molecule has 7 nitrogen and oxygen atoms in total. The molecule has 0 aliphatic carbocycles. The highest BCUT2D eigenvalue weighted by atomic mass is 32.2. The fourth-order valence-corrected chi connectivity index (χ4v) is 5.00. The molecule has 0 spiro atoms. The zero-order valence-electron chi connectivity index (χ0n) is 16.9. The molecule has 0 radical (unpaired) electrons. The van der Waals surface area contributed by atoms with E-state index in [1.807, 2.05) is 54.0 Å². The molecule has 2 aromatic carbocycles. The predicted molar refractivity (Wildman–Crippen MR) is 117 cm³/mol. The highest BCUT2D eigenvalue weighted by molar-refractivity contribution is 7.92. The van der Waals surface area contributed by atoms with Gasteiger partial charge < -0.3 is 13.9 Å². The van der Waals surface area contributed by atoms with Crippen LogP contribution < -0.4 is 13.8 Å². The van der Waals surface area contributed by atoms with Crippen molar-refractivity contribution in [1.82, 2.24) is 9.38 Å². The van der Waals surface area contributed by atoms with Crippen LogP contribution >= 0.6 is 0 Å². The Hall–Kier alpha value is -3.52. The minimum atomic E-state index is -3.89. The number of ether oxygens (including phenoxy) is 2. The zero-order chi connectivity index (χ0) is 21.4. The first-order valence-electron chi connectivity index (χ1n) is 9.92. The normalized spacial score (nSPS) is 13.3. The van der Waals surface area contributed by atoms with Crippen molar-refractivity contribution in [2.75, 3.05) is 17.5 Å². The van der Waals surface area contributed by atoms with Crippen LogP contribution in [0.3, 0.4) is 0 Å². The van der Waals surface area contributed by atoms with Gasteiger partial charge in [0.25, 0.3) is 10.0 Å². The lowest BCUT2D eigenvalue weighted by molar-refractivity contribution is 0.171. The van der Waals surface area contributed by atoms with E-state index in [1.54, 1.807) is 24.3 Å². The lowest BCUT2D eigenvalue weighted by atomic mass is 10.2. The Morgan fingerprint density at radius 2 is 1.77 bits per heavy atom. The minimum absolute atomic E-state index is 0.0987. The Balaban J connectivity index is 1.58. The maximum Gasteiger partial charge on any atom is 0.264 e. The molecule has 0 bridgehead atoms. The predicted octanol–water partition coefficient (Wildman–Crippen LogP) is 3.81. The quantitative estimate of drug-likeness (QED) is 0.477. The molecule has 1 aliphatic rings. The Bertz CT molecular complexity index is 1310. The van der Waals surface area contributed by atoms with Gasteiger partial charge in [0.1, 0.15) is 18.9 Å². The van der Waals surface area contributed by atoms with Gasteiger partial charge in [-0.05, 0) is 43.3 Å². The fourth-order valence-electron chi connectivity index (χ4n) is 3.55. The molecule has 0 fully saturated rings. The van der Waals surface area contributed by atoms with Crippen LogP contribution in [0, 0.1) is 6.92 Å². The van der Waals surface area contributed by atoms with E-state index in [9.17, 15) is 8.42 Å². The van der Waals surface area contributed by atoms with Crippen LogP contribution in [0.2, 0.25) is 0 Å². The molecule has 8 heteroatoms. The molecule has 2 aromatic heterocycles. The van der Waals surface area contributed by atoms with Crippen molar-refractivity contribution >= 4 is 21.4 Å². The van der Waals surface area contributed by atoms with Gasteiger partial charge in [0.2, 0.25) is 0 Å². The number of nitrogens with zero attached hydrogens (tertiary/aromatic N) is 3. The molecular formula is C23H21N3O4S. The Morgan fingerprint density at radius 3 is 2.55 bits per heavy atom. The smallest absolute Gasteiger partial charge is 0.264 e. The van der Waals surface area contributed by atoms with Gasteiger partial charge >= 0.3 is 0 Å². The maximum atomic E-state index is 13.7. The molecule has 0 unspecified atom stereocenters. The van der Waals surface area contributed by atoms with Crippen LogP contribution in [0.1, 0.15) is 11.3 Å². The summed E-state index contributed by atoms with van der Waals surface area (Å²) in [5.41, 5.74) is 3.02. The lowest BCUT2D eigenvalue weighted by Crippen LogP contribution is -2.31. The van der Waals surface area contributed by atoms with Crippen LogP contribution in [0.25, 0.3) is 5.65 Å². The van der Waals surface area contributed by atoms with E-state index >= 15 is 0 Å². The molecule has 0 saturated heterocycles. The van der Waals surface area contributed by atoms with Crippen LogP contribution in [0.4, 0.5) is 5.69 Å². The van der Waals surface area contributed by atoms with Crippen molar-refractivity contribution in [1.29, 1.82) is 0 Å². The highest BCUT2D eigenvalue weighted by Gasteiger charge is 2.28. The topological polar surface area (TPSA) is 73.1 Å². The van der Waals surface area contributed by atoms with E-state index in [4.69, 9.17) is 9.47 Å². The summed E-state index contributed by atoms with van der Waals surface area (Å²) in [6.07, 6.45) is 3.73. The Labute approximate surface area is 180 Å². The third-order valence-electron chi connectivity index (χ3n) is 5.14. The average Bonchev–Trinajstić information content (AvgIpc) is 3.20. The highest BCUT2D eigenvalue weighted by Crippen LogP contribution is 2.34. The molecule has 1 aliphatic heterocycles. The van der Waals surface area contributed by atoms with Crippen molar-refractivity contribution in [2.24, 2.45) is 0 Å². The lowest BCUT2D eigenvalue weighted by Gasteiger charge is -2.25. The summed E-state index contributed by atoms with van der Waals surface area (Å²) in [6, 6.07) is 17.8. The molecule has 3 heterocycles. The number of rotatable bonds is 5. The van der Waals surface area contributed by atoms with Crippen molar-refractivity contribution in [3.05, 3.63) is 84.3 Å². The van der Waals surface area contributed by atoms with Crippen LogP contribution in [-0.4, -0.2) is 31.0 Å². The number of sulfonamides is 1. The third-order valence-corrected chi connectivity index (χ3v) is 6.91. The number of pyridine rings is 1. The molecule has 31 heavy (non-hydrogen) atoms. The first-order valence-corrected chi connectivity index (χ1v) is 11.4. The molecule has 158 valence electrons. The van der Waals surface area contributed by atoms with Crippen LogP contribution in [0.5, 0.6) is 11.5 Å². The van der Waals surface area contributed by atoms with E-state index in [1.165, 1.54) is 10.4 Å². The van der Waals surface area contributed by atoms with E-state index in [0.29, 0.717) is 36.1 Å². The molecule has 0 amide bonds. The number of hydrogen-bond donors (Lipinski definition) is 0. The molecule has 0 atom stereocenters. The molecule has 4 aromatic rings. The van der Waals surface area contributed by atoms with Gasteiger partial charge in [0, 0.05) is 18.5 Å². The number of benzene rings is 2. The van der Waals surface area contributed by atoms with Crippen LogP contribution in [0.15, 0.2) is 78.0 Å². The second-order valence-electron chi connectivity index (χ2n) is 7.35. The molecule has 5 rings (SSSR count). The van der Waals surface area contributed by atoms with Crippen molar-refractivity contribution in [3.63, 3.8) is 0 Å². The first kappa shape index (κ1) is 19.4. The van der Waals surface area contributed by atoms with E-state index in [2.05, 4.69) is 4.98 Å². The summed E-state index contributed by atoms with van der Waals surface area (Å²) in [5, 5.41) is 0. The zero-order valence-corrected chi connectivity index (χ0v) is 17.7. The summed E-state index contributed by atoms with van der Waals surface area (Å²) >= 11 is 0. The number of aryl methyl sites for hydroxylation is 1. The monoisotopic (exact) mass is 435 g/mol. The SMILES string of the molecule is Cc1ccc(N(Cc2cn3ccccc3n2)S(=O)(=O)c2ccc3c(c2)OCCO3)cc1. The second-order valence-corrected chi connectivity index (χ2v) is 9.21. The molecule has 0 N–H and O–H groups in total. The molecular weight excluding hydrogens is 414 g/mol. The summed E-state index contributed by atoms with van der Waals surface area (Å²) < 4.78 is 41.8. The van der Waals surface area contributed by atoms with Gasteiger partial charge in [-0.3, -0.25) is 4.31 Å². The van der Waals surface area contributed by atoms with Gasteiger partial charge in [-0.15, -0.1) is 0 Å². The van der Waals surface area contributed by atoms with Gasteiger partial charge in [0.05, 0.1) is 22.8 Å². The Kier molecular flexibility index (Phi) is 4.78. The summed E-state index contributed by atoms with van der Waals surface area (Å²) in [7, 11) is -3.89. The van der Waals surface area contributed by atoms with Gasteiger partial charge in [-0.1, -0.05) is 23.8 Å². The van der Waals surface area contributed by atoms with Gasteiger partial charge in [-0.2, -0.15) is 0 Å². The van der Waals surface area contributed by atoms with E-state index < -0.39 is 10.0 Å². The summed E-state index contributed by atoms with van der Waals surface area (Å²) in [5.74, 6) is 0.983. The van der Waals surface area contributed by atoms with Crippen LogP contribution in [-0.2, 0) is 16.6 Å². The average molecular weight is 436 g/mol. The minimum Gasteiger partial charge on any atom is -0.486 e. The second kappa shape index (κ2) is 7.63. The number of anilines is 1. The summed E-state index contributed by atoms with van der Waals surface area (Å²) in [6.45, 7) is 2.90. The van der Waals surface area contributed by atoms with Gasteiger partial charge in [0.15, 0.2) is 11.5 Å². The van der Waals surface area contributed by atoms with Gasteiger partial charge in [-0.25, -0.2) is 13.4 Å². The fraction of sp³-hybridized carbons (Fsp3) is 0.174. The maximum absolute atomic E-state index is 13.7. The van der Waals surface area contributed by atoms with Crippen molar-refractivity contribution < 1.29 is 17.9 Å². The Morgan fingerprint density at radius 1 is 1.00 bits per heavy atom. The van der Waals surface area contributed by atoms with E-state index in [-0.39, 0.29) is 11.4 Å². The number of fused-ring (bicyclic) bond motifs is 2. The third kappa shape index (κ3) is 3.70. The van der Waals surface area contributed by atoms with Crippen molar-refractivity contribution in [2.45, 2.75) is 18.4 Å². The van der Waals surface area contributed by atoms with Crippen molar-refractivity contribution in [3.8, 4) is 11.5 Å². The molecule has 0 saturated carbocycles. The van der Waals surface area contributed by atoms with E-state index in [0.717, 1.165) is 11.2 Å². The largest absolute Gasteiger partial charge is 0.486 e. The standard InChI is InChI=1S/C23H21N3O4S/c1-17-5-7-19(8-6-17)26(16-18-15-25-11-3-2-4-23(25)24-18)31(27,28)20-9-10-21-22(14-20)30-13-12-29-21/h2-11,14-15H,12-13,16H2,1H3.